The number of nitrogens with zero attached hydrogens (tertiary/aromatic N) is 3. The van der Waals surface area contributed by atoms with Gasteiger partial charge in [0.15, 0.2) is 5.03 Å². The Bertz CT molecular complexity index is 781. The van der Waals surface area contributed by atoms with Crippen LogP contribution in [0.2, 0.25) is 0 Å². The van der Waals surface area contributed by atoms with Crippen molar-refractivity contribution in [3.8, 4) is 0 Å². The predicted molar refractivity (Wildman–Crippen MR) is 77.1 cm³/mol. The van der Waals surface area contributed by atoms with E-state index in [0.717, 1.165) is 10.5 Å². The van der Waals surface area contributed by atoms with Crippen LogP contribution in [0.5, 0.6) is 0 Å². The Balaban J connectivity index is 2.08. The van der Waals surface area contributed by atoms with Crippen molar-refractivity contribution in [2.75, 3.05) is 0 Å². The molecule has 100 valence electrons. The second-order valence-electron chi connectivity index (χ2n) is 4.34. The summed E-state index contributed by atoms with van der Waals surface area (Å²) in [5.74, 6) is 0.00572. The maximum absolute atomic E-state index is 11.3. The van der Waals surface area contributed by atoms with E-state index in [1.165, 1.54) is 16.2 Å². The van der Waals surface area contributed by atoms with Gasteiger partial charge in [0.05, 0.1) is 6.20 Å². The zero-order valence-electron chi connectivity index (χ0n) is 10.7. The number of fused-ring (bicyclic) bond motifs is 1. The summed E-state index contributed by atoms with van der Waals surface area (Å²) >= 11 is 1.30. The quantitative estimate of drug-likeness (QED) is 0.544. The third kappa shape index (κ3) is 2.25. The number of imidazole rings is 1. The number of hydrogen-bond donors (Lipinski definition) is 0. The molecule has 0 saturated heterocycles. The molecule has 3 aromatic rings. The van der Waals surface area contributed by atoms with Crippen LogP contribution in [0.25, 0.3) is 5.65 Å². The molecule has 2 aromatic heterocycles. The maximum atomic E-state index is 11.3. The van der Waals surface area contributed by atoms with Crippen molar-refractivity contribution in [3.05, 3.63) is 64.3 Å². The molecular formula is C14H11N3O2S. The lowest BCUT2D eigenvalue weighted by molar-refractivity contribution is -0.393. The molecule has 0 N–H and O–H groups in total. The molecule has 5 nitrogen and oxygen atoms in total. The summed E-state index contributed by atoms with van der Waals surface area (Å²) in [6.45, 7) is 2.00. The van der Waals surface area contributed by atoms with Crippen molar-refractivity contribution < 1.29 is 4.92 Å². The van der Waals surface area contributed by atoms with E-state index in [-0.39, 0.29) is 5.82 Å². The van der Waals surface area contributed by atoms with E-state index in [1.54, 1.807) is 18.3 Å². The molecule has 0 aliphatic carbocycles. The Morgan fingerprint density at radius 1 is 1.20 bits per heavy atom. The minimum absolute atomic E-state index is 0.00572. The lowest BCUT2D eigenvalue weighted by Crippen LogP contribution is -1.94. The molecule has 1 aromatic carbocycles. The fourth-order valence-electron chi connectivity index (χ4n) is 1.91. The SMILES string of the molecule is Cc1ccc(Sc2nc3ccccn3c2[N+](=O)[O-])cc1. The second-order valence-corrected chi connectivity index (χ2v) is 5.40. The van der Waals surface area contributed by atoms with Crippen molar-refractivity contribution in [1.82, 2.24) is 9.38 Å². The van der Waals surface area contributed by atoms with Gasteiger partial charge in [-0.1, -0.05) is 35.5 Å². The Hall–Kier alpha value is -2.34. The first-order valence-corrected chi connectivity index (χ1v) is 6.83. The molecule has 0 aliphatic rings. The van der Waals surface area contributed by atoms with Crippen LogP contribution in [0, 0.1) is 17.0 Å². The van der Waals surface area contributed by atoms with E-state index in [0.29, 0.717) is 10.7 Å². The number of aromatic nitrogens is 2. The first-order chi connectivity index (χ1) is 9.65. The van der Waals surface area contributed by atoms with Crippen LogP contribution in [-0.2, 0) is 0 Å². The van der Waals surface area contributed by atoms with Gasteiger partial charge in [-0.05, 0) is 30.0 Å². The minimum atomic E-state index is -0.392. The van der Waals surface area contributed by atoms with Gasteiger partial charge in [0.2, 0.25) is 5.65 Å². The monoisotopic (exact) mass is 285 g/mol. The van der Waals surface area contributed by atoms with Crippen LogP contribution < -0.4 is 0 Å². The first-order valence-electron chi connectivity index (χ1n) is 6.01. The van der Waals surface area contributed by atoms with Crippen LogP contribution in [0.15, 0.2) is 58.6 Å². The van der Waals surface area contributed by atoms with E-state index in [4.69, 9.17) is 0 Å². The standard InChI is InChI=1S/C14H11N3O2S/c1-10-5-7-11(8-6-10)20-13-14(17(18)19)16-9-3-2-4-12(16)15-13/h2-9H,1H3. The summed E-state index contributed by atoms with van der Waals surface area (Å²) in [5, 5.41) is 11.7. The van der Waals surface area contributed by atoms with Gasteiger partial charge in [0, 0.05) is 11.0 Å². The van der Waals surface area contributed by atoms with Gasteiger partial charge in [-0.15, -0.1) is 0 Å². The summed E-state index contributed by atoms with van der Waals surface area (Å²) in [6.07, 6.45) is 1.65. The zero-order chi connectivity index (χ0) is 14.1. The number of benzene rings is 1. The molecule has 0 radical (unpaired) electrons. The van der Waals surface area contributed by atoms with Crippen molar-refractivity contribution in [2.45, 2.75) is 16.8 Å². The second kappa shape index (κ2) is 4.97. The zero-order valence-corrected chi connectivity index (χ0v) is 11.5. The van der Waals surface area contributed by atoms with E-state index in [1.807, 2.05) is 37.3 Å². The first kappa shape index (κ1) is 12.7. The molecule has 0 spiro atoms. The van der Waals surface area contributed by atoms with Gasteiger partial charge in [-0.2, -0.15) is 9.38 Å². The molecule has 20 heavy (non-hydrogen) atoms. The highest BCUT2D eigenvalue weighted by atomic mass is 32.2. The number of hydrogen-bond acceptors (Lipinski definition) is 4. The maximum Gasteiger partial charge on any atom is 0.362 e. The number of pyridine rings is 1. The van der Waals surface area contributed by atoms with Gasteiger partial charge < -0.3 is 10.1 Å². The van der Waals surface area contributed by atoms with E-state index >= 15 is 0 Å². The van der Waals surface area contributed by atoms with Crippen molar-refractivity contribution in [2.24, 2.45) is 0 Å². The highest BCUT2D eigenvalue weighted by Crippen LogP contribution is 2.34. The van der Waals surface area contributed by atoms with Crippen LogP contribution in [-0.4, -0.2) is 14.3 Å². The Kier molecular flexibility index (Phi) is 3.15. The third-order valence-corrected chi connectivity index (χ3v) is 3.86. The molecule has 6 heteroatoms. The van der Waals surface area contributed by atoms with Crippen LogP contribution in [0.4, 0.5) is 5.82 Å². The molecule has 0 amide bonds. The van der Waals surface area contributed by atoms with Gasteiger partial charge >= 0.3 is 5.82 Å². The number of aryl methyl sites for hydroxylation is 1. The highest BCUT2D eigenvalue weighted by Gasteiger charge is 2.22. The van der Waals surface area contributed by atoms with Crippen molar-refractivity contribution in [3.63, 3.8) is 0 Å². The highest BCUT2D eigenvalue weighted by molar-refractivity contribution is 7.99. The lowest BCUT2D eigenvalue weighted by Gasteiger charge is -1.99. The van der Waals surface area contributed by atoms with Gasteiger partial charge in [0.1, 0.15) is 0 Å². The molecule has 0 fully saturated rings. The van der Waals surface area contributed by atoms with Crippen molar-refractivity contribution in [1.29, 1.82) is 0 Å². The van der Waals surface area contributed by atoms with Crippen LogP contribution in [0.3, 0.4) is 0 Å². The smallest absolute Gasteiger partial charge is 0.358 e. The molecule has 0 bridgehead atoms. The average molecular weight is 285 g/mol. The number of nitro groups is 1. The normalized spacial score (nSPS) is 10.8. The average Bonchev–Trinajstić information content (AvgIpc) is 2.79. The minimum Gasteiger partial charge on any atom is -0.358 e. The molecular weight excluding hydrogens is 274 g/mol. The summed E-state index contributed by atoms with van der Waals surface area (Å²) in [4.78, 5) is 16.1. The van der Waals surface area contributed by atoms with Gasteiger partial charge in [-0.25, -0.2) is 0 Å². The fourth-order valence-corrected chi connectivity index (χ4v) is 2.81. The van der Waals surface area contributed by atoms with E-state index < -0.39 is 4.92 Å². The summed E-state index contributed by atoms with van der Waals surface area (Å²) in [6, 6.07) is 13.1. The van der Waals surface area contributed by atoms with E-state index in [9.17, 15) is 10.1 Å². The topological polar surface area (TPSA) is 60.4 Å². The fraction of sp³-hybridized carbons (Fsp3) is 0.0714. The van der Waals surface area contributed by atoms with Crippen LogP contribution in [0.1, 0.15) is 5.56 Å². The summed E-state index contributed by atoms with van der Waals surface area (Å²) in [5.41, 5.74) is 1.73. The molecule has 2 heterocycles. The van der Waals surface area contributed by atoms with E-state index in [2.05, 4.69) is 4.98 Å². The van der Waals surface area contributed by atoms with Gasteiger partial charge in [0.25, 0.3) is 0 Å². The lowest BCUT2D eigenvalue weighted by atomic mass is 10.2. The number of rotatable bonds is 3. The summed E-state index contributed by atoms with van der Waals surface area (Å²) < 4.78 is 1.50. The third-order valence-electron chi connectivity index (χ3n) is 2.88. The van der Waals surface area contributed by atoms with Crippen LogP contribution >= 0.6 is 11.8 Å². The largest absolute Gasteiger partial charge is 0.362 e. The van der Waals surface area contributed by atoms with Crippen molar-refractivity contribution >= 4 is 23.2 Å². The molecule has 0 aliphatic heterocycles. The Labute approximate surface area is 119 Å². The predicted octanol–water partition coefficient (Wildman–Crippen LogP) is 3.70. The Morgan fingerprint density at radius 2 is 1.95 bits per heavy atom. The Morgan fingerprint density at radius 3 is 2.65 bits per heavy atom. The summed E-state index contributed by atoms with van der Waals surface area (Å²) in [7, 11) is 0. The van der Waals surface area contributed by atoms with Gasteiger partial charge in [-0.3, -0.25) is 0 Å². The molecule has 0 unspecified atom stereocenters. The molecule has 3 rings (SSSR count). The molecule has 0 saturated carbocycles. The molecule has 0 atom stereocenters.